The second kappa shape index (κ2) is 10.7. The molecular formula is C14H26O2. The Hall–Kier alpha value is -0.790. The van der Waals surface area contributed by atoms with E-state index in [1.807, 2.05) is 19.9 Å². The first-order valence-electron chi connectivity index (χ1n) is 6.58. The minimum Gasteiger partial charge on any atom is -0.463 e. The Labute approximate surface area is 100 Å². The molecule has 0 aromatic rings. The van der Waals surface area contributed by atoms with Crippen LogP contribution in [-0.2, 0) is 9.53 Å². The van der Waals surface area contributed by atoms with Crippen LogP contribution >= 0.6 is 0 Å². The number of hydrogen-bond donors (Lipinski definition) is 0. The number of allylic oxidation sites excluding steroid dienone is 1. The molecule has 0 aromatic carbocycles. The monoisotopic (exact) mass is 226 g/mol. The lowest BCUT2D eigenvalue weighted by Crippen LogP contribution is -2.07. The van der Waals surface area contributed by atoms with Gasteiger partial charge in [-0.25, -0.2) is 4.79 Å². The quantitative estimate of drug-likeness (QED) is 0.334. The predicted octanol–water partition coefficient (Wildman–Crippen LogP) is 4.25. The van der Waals surface area contributed by atoms with E-state index >= 15 is 0 Å². The van der Waals surface area contributed by atoms with Crippen LogP contribution in [0.1, 0.15) is 65.7 Å². The summed E-state index contributed by atoms with van der Waals surface area (Å²) in [6.07, 6.45) is 10.3. The van der Waals surface area contributed by atoms with Crippen LogP contribution in [0.3, 0.4) is 0 Å². The van der Waals surface area contributed by atoms with Gasteiger partial charge in [-0.3, -0.25) is 0 Å². The molecule has 2 heteroatoms. The van der Waals surface area contributed by atoms with Gasteiger partial charge in [-0.2, -0.15) is 0 Å². The first-order chi connectivity index (χ1) is 7.76. The maximum Gasteiger partial charge on any atom is 0.333 e. The first kappa shape index (κ1) is 15.2. The maximum absolute atomic E-state index is 11.4. The molecule has 0 spiro atoms. The molecule has 0 atom stereocenters. The smallest absolute Gasteiger partial charge is 0.333 e. The van der Waals surface area contributed by atoms with E-state index in [-0.39, 0.29) is 5.97 Å². The third-order valence-corrected chi connectivity index (χ3v) is 2.69. The lowest BCUT2D eigenvalue weighted by atomic mass is 10.1. The molecule has 0 bridgehead atoms. The molecule has 0 aliphatic carbocycles. The van der Waals surface area contributed by atoms with Gasteiger partial charge in [0.15, 0.2) is 0 Å². The largest absolute Gasteiger partial charge is 0.463 e. The molecule has 0 saturated carbocycles. The maximum atomic E-state index is 11.4. The van der Waals surface area contributed by atoms with Gasteiger partial charge in [-0.05, 0) is 26.7 Å². The van der Waals surface area contributed by atoms with Gasteiger partial charge in [0, 0.05) is 5.57 Å². The topological polar surface area (TPSA) is 26.3 Å². The molecular weight excluding hydrogens is 200 g/mol. The molecule has 0 N–H and O–H groups in total. The summed E-state index contributed by atoms with van der Waals surface area (Å²) >= 11 is 0. The van der Waals surface area contributed by atoms with Crippen molar-refractivity contribution in [1.29, 1.82) is 0 Å². The van der Waals surface area contributed by atoms with Crippen LogP contribution in [0, 0.1) is 0 Å². The summed E-state index contributed by atoms with van der Waals surface area (Å²) in [5, 5.41) is 0. The van der Waals surface area contributed by atoms with E-state index < -0.39 is 0 Å². The number of unbranched alkanes of at least 4 members (excludes halogenated alkanes) is 5. The van der Waals surface area contributed by atoms with E-state index in [1.54, 1.807) is 0 Å². The van der Waals surface area contributed by atoms with Crippen LogP contribution in [-0.4, -0.2) is 12.6 Å². The Kier molecular flexibility index (Phi) is 10.2. The Morgan fingerprint density at radius 3 is 2.25 bits per heavy atom. The van der Waals surface area contributed by atoms with Crippen molar-refractivity contribution in [3.05, 3.63) is 11.6 Å². The Bertz CT molecular complexity index is 207. The van der Waals surface area contributed by atoms with Crippen LogP contribution in [0.25, 0.3) is 0 Å². The van der Waals surface area contributed by atoms with Gasteiger partial charge in [0.25, 0.3) is 0 Å². The van der Waals surface area contributed by atoms with Gasteiger partial charge in [0.2, 0.25) is 0 Å². The van der Waals surface area contributed by atoms with Crippen molar-refractivity contribution in [2.24, 2.45) is 0 Å². The molecule has 0 saturated heterocycles. The highest BCUT2D eigenvalue weighted by Gasteiger charge is 2.08. The molecule has 0 unspecified atom stereocenters. The average molecular weight is 226 g/mol. The van der Waals surface area contributed by atoms with E-state index in [9.17, 15) is 4.79 Å². The number of rotatable bonds is 9. The lowest BCUT2D eigenvalue weighted by molar-refractivity contribution is -0.138. The summed E-state index contributed by atoms with van der Waals surface area (Å²) < 4.78 is 4.98. The molecule has 0 fully saturated rings. The van der Waals surface area contributed by atoms with Gasteiger partial charge in [0.05, 0.1) is 6.61 Å². The van der Waals surface area contributed by atoms with E-state index in [4.69, 9.17) is 4.74 Å². The molecule has 2 nitrogen and oxygen atoms in total. The second-order valence-electron chi connectivity index (χ2n) is 4.05. The third-order valence-electron chi connectivity index (χ3n) is 2.69. The molecule has 94 valence electrons. The lowest BCUT2D eigenvalue weighted by Gasteiger charge is -2.06. The second-order valence-corrected chi connectivity index (χ2v) is 4.05. The van der Waals surface area contributed by atoms with Gasteiger partial charge in [-0.15, -0.1) is 0 Å². The van der Waals surface area contributed by atoms with Crippen molar-refractivity contribution in [1.82, 2.24) is 0 Å². The van der Waals surface area contributed by atoms with E-state index in [0.717, 1.165) is 18.4 Å². The fourth-order valence-corrected chi connectivity index (χ4v) is 1.68. The van der Waals surface area contributed by atoms with Gasteiger partial charge in [-0.1, -0.05) is 45.1 Å². The molecule has 0 radical (unpaired) electrons. The molecule has 0 aromatic heterocycles. The number of carbonyl (C=O) groups excluding carboxylic acids is 1. The van der Waals surface area contributed by atoms with Crippen molar-refractivity contribution < 1.29 is 9.53 Å². The van der Waals surface area contributed by atoms with E-state index in [0.29, 0.717) is 6.61 Å². The van der Waals surface area contributed by atoms with Crippen molar-refractivity contribution in [3.8, 4) is 0 Å². The normalized spacial score (nSPS) is 11.6. The van der Waals surface area contributed by atoms with Crippen LogP contribution in [0.15, 0.2) is 11.6 Å². The highest BCUT2D eigenvalue weighted by atomic mass is 16.5. The molecule has 0 aliphatic heterocycles. The number of carbonyl (C=O) groups is 1. The van der Waals surface area contributed by atoms with E-state index in [2.05, 4.69) is 6.92 Å². The Balaban J connectivity index is 3.60. The highest BCUT2D eigenvalue weighted by Crippen LogP contribution is 2.13. The zero-order valence-corrected chi connectivity index (χ0v) is 11.1. The number of hydrogen-bond acceptors (Lipinski definition) is 2. The fourth-order valence-electron chi connectivity index (χ4n) is 1.68. The minimum atomic E-state index is -0.140. The van der Waals surface area contributed by atoms with Crippen LogP contribution in [0.5, 0.6) is 0 Å². The summed E-state index contributed by atoms with van der Waals surface area (Å²) in [6, 6.07) is 0. The summed E-state index contributed by atoms with van der Waals surface area (Å²) in [5.74, 6) is -0.140. The van der Waals surface area contributed by atoms with Gasteiger partial charge >= 0.3 is 5.97 Å². The summed E-state index contributed by atoms with van der Waals surface area (Å²) in [6.45, 7) is 6.44. The van der Waals surface area contributed by atoms with Crippen LogP contribution in [0.4, 0.5) is 0 Å². The van der Waals surface area contributed by atoms with Gasteiger partial charge < -0.3 is 4.74 Å². The number of ether oxygens (including phenoxy) is 1. The van der Waals surface area contributed by atoms with Crippen LogP contribution < -0.4 is 0 Å². The Morgan fingerprint density at radius 1 is 1.06 bits per heavy atom. The molecule has 16 heavy (non-hydrogen) atoms. The zero-order chi connectivity index (χ0) is 12.2. The van der Waals surface area contributed by atoms with Crippen molar-refractivity contribution in [3.63, 3.8) is 0 Å². The fraction of sp³-hybridized carbons (Fsp3) is 0.786. The van der Waals surface area contributed by atoms with Gasteiger partial charge in [0.1, 0.15) is 0 Å². The molecule has 0 amide bonds. The number of esters is 1. The summed E-state index contributed by atoms with van der Waals surface area (Å²) in [5.41, 5.74) is 0.831. The van der Waals surface area contributed by atoms with Crippen molar-refractivity contribution >= 4 is 5.97 Å². The third kappa shape index (κ3) is 7.49. The first-order valence-corrected chi connectivity index (χ1v) is 6.58. The molecule has 0 rings (SSSR count). The highest BCUT2D eigenvalue weighted by molar-refractivity contribution is 5.88. The molecule has 0 aliphatic rings. The molecule has 0 heterocycles. The van der Waals surface area contributed by atoms with Crippen molar-refractivity contribution in [2.45, 2.75) is 65.7 Å². The summed E-state index contributed by atoms with van der Waals surface area (Å²) in [4.78, 5) is 11.4. The summed E-state index contributed by atoms with van der Waals surface area (Å²) in [7, 11) is 0. The zero-order valence-electron chi connectivity index (χ0n) is 11.1. The SMILES string of the molecule is C/C=C(\CCCCCCCC)C(=O)OCC. The van der Waals surface area contributed by atoms with Crippen LogP contribution in [0.2, 0.25) is 0 Å². The predicted molar refractivity (Wildman–Crippen MR) is 68.4 cm³/mol. The Morgan fingerprint density at radius 2 is 1.69 bits per heavy atom. The average Bonchev–Trinajstić information content (AvgIpc) is 2.28. The minimum absolute atomic E-state index is 0.140. The van der Waals surface area contributed by atoms with E-state index in [1.165, 1.54) is 32.1 Å². The van der Waals surface area contributed by atoms with Crippen molar-refractivity contribution in [2.75, 3.05) is 6.61 Å². The standard InChI is InChI=1S/C14H26O2/c1-4-7-8-9-10-11-12-13(5-2)14(15)16-6-3/h5H,4,6-12H2,1-3H3/b13-5+.